The molecule has 0 spiro atoms. The second-order valence-corrected chi connectivity index (χ2v) is 7.89. The second kappa shape index (κ2) is 9.52. The molecule has 8 heteroatoms. The number of aromatic nitrogens is 2. The minimum absolute atomic E-state index is 0.138. The van der Waals surface area contributed by atoms with Gasteiger partial charge >= 0.3 is 5.97 Å². The van der Waals surface area contributed by atoms with Crippen molar-refractivity contribution in [1.29, 1.82) is 0 Å². The highest BCUT2D eigenvalue weighted by molar-refractivity contribution is 7.78. The number of hydrogen-bond donors (Lipinski definition) is 0. The number of esters is 1. The normalized spacial score (nSPS) is 12.3. The predicted octanol–water partition coefficient (Wildman–Crippen LogP) is 4.12. The molecule has 0 aliphatic carbocycles. The van der Waals surface area contributed by atoms with Crippen LogP contribution >= 0.6 is 11.6 Å². The Morgan fingerprint density at radius 1 is 1.24 bits per heavy atom. The summed E-state index contributed by atoms with van der Waals surface area (Å²) >= 11 is 4.11. The Kier molecular flexibility index (Phi) is 7.05. The van der Waals surface area contributed by atoms with Gasteiger partial charge in [0.05, 0.1) is 17.6 Å². The van der Waals surface area contributed by atoms with E-state index in [4.69, 9.17) is 16.3 Å². The van der Waals surface area contributed by atoms with E-state index < -0.39 is 11.1 Å². The fourth-order valence-electron chi connectivity index (χ4n) is 3.15. The second-order valence-electron chi connectivity index (χ2n) is 6.59. The molecule has 1 unspecified atom stereocenters. The van der Waals surface area contributed by atoms with Crippen LogP contribution in [0.3, 0.4) is 0 Å². The van der Waals surface area contributed by atoms with E-state index in [1.54, 1.807) is 19.1 Å². The molecule has 0 saturated carbocycles. The van der Waals surface area contributed by atoms with Gasteiger partial charge in [-0.25, -0.2) is 4.98 Å². The number of fused-ring (bicyclic) bond motifs is 1. The molecule has 2 aromatic carbocycles. The molecule has 0 aliphatic heterocycles. The summed E-state index contributed by atoms with van der Waals surface area (Å²) in [6.45, 7) is 4.15. The van der Waals surface area contributed by atoms with Crippen LogP contribution in [-0.4, -0.2) is 30.9 Å². The molecule has 1 aromatic heterocycles. The average molecular weight is 434 g/mol. The van der Waals surface area contributed by atoms with Gasteiger partial charge in [-0.2, -0.15) is 0 Å². The van der Waals surface area contributed by atoms with Gasteiger partial charge in [-0.05, 0) is 35.4 Å². The number of carbonyl (C=O) groups excluding carboxylic acids is 1. The standard InChI is InChI=1S/C21H23ClN2O4S/c1-3-20-23-18-11-15(13-29(26)27)17(22)12-19(18)24(20)16-7-5-14(6-8-16)9-10-28-21(25)4-2/h5-8,11-12H,3-4,9-10,13H2,1-2H3,(H,26,27)/p-1. The maximum atomic E-state index is 11.2. The van der Waals surface area contributed by atoms with Gasteiger partial charge in [-0.1, -0.05) is 48.7 Å². The van der Waals surface area contributed by atoms with Gasteiger partial charge in [0.25, 0.3) is 0 Å². The number of aryl methyl sites for hydroxylation is 1. The number of ether oxygens (including phenoxy) is 1. The first-order valence-electron chi connectivity index (χ1n) is 9.43. The van der Waals surface area contributed by atoms with Gasteiger partial charge in [0.1, 0.15) is 5.82 Å². The Balaban J connectivity index is 1.91. The summed E-state index contributed by atoms with van der Waals surface area (Å²) in [5.41, 5.74) is 4.09. The molecule has 3 aromatic rings. The van der Waals surface area contributed by atoms with Gasteiger partial charge in [-0.3, -0.25) is 13.6 Å². The maximum Gasteiger partial charge on any atom is 0.305 e. The van der Waals surface area contributed by atoms with E-state index in [1.807, 2.05) is 35.8 Å². The van der Waals surface area contributed by atoms with Crippen LogP contribution in [0.25, 0.3) is 16.7 Å². The number of rotatable bonds is 8. The van der Waals surface area contributed by atoms with Crippen LogP contribution in [0.4, 0.5) is 0 Å². The fraction of sp³-hybridized carbons (Fsp3) is 0.333. The third-order valence-electron chi connectivity index (χ3n) is 4.62. The monoisotopic (exact) mass is 433 g/mol. The summed E-state index contributed by atoms with van der Waals surface area (Å²) in [5, 5.41) is 0.403. The van der Waals surface area contributed by atoms with Crippen LogP contribution in [0.15, 0.2) is 36.4 Å². The van der Waals surface area contributed by atoms with Crippen molar-refractivity contribution in [3.8, 4) is 5.69 Å². The van der Waals surface area contributed by atoms with E-state index in [2.05, 4.69) is 4.98 Å². The smallest absolute Gasteiger partial charge is 0.305 e. The summed E-state index contributed by atoms with van der Waals surface area (Å²) in [4.78, 5) is 15.9. The molecule has 0 fully saturated rings. The molecule has 154 valence electrons. The average Bonchev–Trinajstić information content (AvgIpc) is 3.05. The lowest BCUT2D eigenvalue weighted by molar-refractivity contribution is -0.143. The first kappa shape index (κ1) is 21.5. The molecular formula is C21H22ClN2O4S-. The van der Waals surface area contributed by atoms with Crippen molar-refractivity contribution >= 4 is 39.7 Å². The van der Waals surface area contributed by atoms with Crippen LogP contribution in [-0.2, 0) is 39.2 Å². The third-order valence-corrected chi connectivity index (χ3v) is 5.52. The van der Waals surface area contributed by atoms with E-state index in [0.29, 0.717) is 42.0 Å². The van der Waals surface area contributed by atoms with Gasteiger partial charge in [0, 0.05) is 35.7 Å². The highest BCUT2D eigenvalue weighted by Crippen LogP contribution is 2.28. The Labute approximate surface area is 177 Å². The van der Waals surface area contributed by atoms with Crippen LogP contribution in [0.5, 0.6) is 0 Å². The van der Waals surface area contributed by atoms with Crippen molar-refractivity contribution in [2.75, 3.05) is 6.61 Å². The van der Waals surface area contributed by atoms with Gasteiger partial charge in [0.2, 0.25) is 0 Å². The molecule has 3 rings (SSSR count). The van der Waals surface area contributed by atoms with Crippen LogP contribution in [0.2, 0.25) is 5.02 Å². The van der Waals surface area contributed by atoms with Crippen molar-refractivity contribution < 1.29 is 18.3 Å². The van der Waals surface area contributed by atoms with Gasteiger partial charge in [0.15, 0.2) is 0 Å². The largest absolute Gasteiger partial charge is 0.772 e. The summed E-state index contributed by atoms with van der Waals surface area (Å²) in [6, 6.07) is 11.5. The first-order chi connectivity index (χ1) is 13.9. The maximum absolute atomic E-state index is 11.2. The van der Waals surface area contributed by atoms with Crippen molar-refractivity contribution in [2.24, 2.45) is 0 Å². The van der Waals surface area contributed by atoms with Gasteiger partial charge < -0.3 is 9.29 Å². The summed E-state index contributed by atoms with van der Waals surface area (Å²) in [7, 11) is 0. The van der Waals surface area contributed by atoms with E-state index >= 15 is 0 Å². The molecule has 0 saturated heterocycles. The van der Waals surface area contributed by atoms with Crippen molar-refractivity contribution in [3.63, 3.8) is 0 Å². The quantitative estimate of drug-likeness (QED) is 0.394. The summed E-state index contributed by atoms with van der Waals surface area (Å²) < 4.78 is 29.3. The fourth-order valence-corrected chi connectivity index (χ4v) is 3.95. The highest BCUT2D eigenvalue weighted by Gasteiger charge is 2.14. The Bertz CT molecular complexity index is 1050. The van der Waals surface area contributed by atoms with Crippen molar-refractivity contribution in [3.05, 3.63) is 58.4 Å². The molecule has 29 heavy (non-hydrogen) atoms. The van der Waals surface area contributed by atoms with E-state index in [-0.39, 0.29) is 11.7 Å². The molecule has 0 N–H and O–H groups in total. The number of hydrogen-bond acceptors (Lipinski definition) is 5. The van der Waals surface area contributed by atoms with Crippen LogP contribution in [0, 0.1) is 0 Å². The zero-order valence-electron chi connectivity index (χ0n) is 16.3. The summed E-state index contributed by atoms with van der Waals surface area (Å²) in [6.07, 6.45) is 1.74. The Hall–Kier alpha value is -2.22. The highest BCUT2D eigenvalue weighted by atomic mass is 35.5. The lowest BCUT2D eigenvalue weighted by Gasteiger charge is -2.11. The van der Waals surface area contributed by atoms with Crippen molar-refractivity contribution in [1.82, 2.24) is 9.55 Å². The third kappa shape index (κ3) is 5.04. The molecule has 1 heterocycles. The molecule has 1 atom stereocenters. The van der Waals surface area contributed by atoms with E-state index in [9.17, 15) is 13.6 Å². The predicted molar refractivity (Wildman–Crippen MR) is 113 cm³/mol. The van der Waals surface area contributed by atoms with Crippen LogP contribution in [0.1, 0.15) is 37.2 Å². The number of benzene rings is 2. The number of nitrogens with zero attached hydrogens (tertiary/aromatic N) is 2. The summed E-state index contributed by atoms with van der Waals surface area (Å²) in [5.74, 6) is 0.526. The SMILES string of the molecule is CCC(=O)OCCc1ccc(-n2c(CC)nc3cc(CS(=O)[O-])c(Cl)cc32)cc1. The first-order valence-corrected chi connectivity index (χ1v) is 11.1. The van der Waals surface area contributed by atoms with Crippen molar-refractivity contribution in [2.45, 2.75) is 38.9 Å². The minimum atomic E-state index is -2.22. The Morgan fingerprint density at radius 3 is 2.59 bits per heavy atom. The van der Waals surface area contributed by atoms with Crippen LogP contribution < -0.4 is 0 Å². The minimum Gasteiger partial charge on any atom is -0.772 e. The Morgan fingerprint density at radius 2 is 1.97 bits per heavy atom. The molecule has 0 amide bonds. The molecule has 0 bridgehead atoms. The molecule has 0 aliphatic rings. The van der Waals surface area contributed by atoms with E-state index in [1.165, 1.54) is 0 Å². The number of imidazole rings is 1. The van der Waals surface area contributed by atoms with E-state index in [0.717, 1.165) is 22.6 Å². The molecular weight excluding hydrogens is 412 g/mol. The molecule has 6 nitrogen and oxygen atoms in total. The van der Waals surface area contributed by atoms with Gasteiger partial charge in [-0.15, -0.1) is 0 Å². The number of halogens is 1. The number of carbonyl (C=O) groups is 1. The zero-order valence-corrected chi connectivity index (χ0v) is 17.9. The zero-order chi connectivity index (χ0) is 21.0. The topological polar surface area (TPSA) is 84.2 Å². The lowest BCUT2D eigenvalue weighted by Crippen LogP contribution is -2.06. The lowest BCUT2D eigenvalue weighted by atomic mass is 10.1. The molecule has 0 radical (unpaired) electrons.